The molecular weight excluding hydrogens is 949 g/mol. The molecule has 0 saturated carbocycles. The number of esters is 3. The molecule has 0 aliphatic carbocycles. The lowest BCUT2D eigenvalue weighted by Crippen LogP contribution is -2.61. The normalized spacial score (nSPS) is 18.9. The Morgan fingerprint density at radius 3 is 1.33 bits per heavy atom. The maximum absolute atomic E-state index is 13.1. The number of rotatable bonds is 48. The third-order valence-electron chi connectivity index (χ3n) is 12.6. The van der Waals surface area contributed by atoms with Crippen LogP contribution in [0.25, 0.3) is 0 Å². The summed E-state index contributed by atoms with van der Waals surface area (Å²) in [6, 6.07) is 0. The molecule has 0 aromatic rings. The van der Waals surface area contributed by atoms with Crippen LogP contribution in [0.15, 0.2) is 97.2 Å². The molecule has 1 saturated heterocycles. The van der Waals surface area contributed by atoms with E-state index in [9.17, 15) is 34.5 Å². The number of unbranched alkanes of at least 4 members (excludes halogenated alkanes) is 18. The van der Waals surface area contributed by atoms with Gasteiger partial charge in [0.15, 0.2) is 24.6 Å². The summed E-state index contributed by atoms with van der Waals surface area (Å²) in [5, 5.41) is 31.5. The van der Waals surface area contributed by atoms with Crippen molar-refractivity contribution in [1.82, 2.24) is 0 Å². The zero-order valence-corrected chi connectivity index (χ0v) is 46.8. The lowest BCUT2D eigenvalue weighted by atomic mass is 9.98. The zero-order chi connectivity index (χ0) is 54.7. The van der Waals surface area contributed by atoms with Crippen LogP contribution in [-0.4, -0.2) is 89.2 Å². The Bertz CT molecular complexity index is 1670. The van der Waals surface area contributed by atoms with E-state index >= 15 is 0 Å². The number of hydrogen-bond acceptors (Lipinski definition) is 11. The Morgan fingerprint density at radius 1 is 0.453 bits per heavy atom. The van der Waals surface area contributed by atoms with Crippen LogP contribution in [0.4, 0.5) is 0 Å². The number of carboxylic acid groups (broad SMARTS) is 1. The molecule has 12 nitrogen and oxygen atoms in total. The Hall–Kier alpha value is -4.36. The first-order chi connectivity index (χ1) is 36.6. The molecule has 6 unspecified atom stereocenters. The summed E-state index contributed by atoms with van der Waals surface area (Å²) in [5.74, 6) is -3.23. The largest absolute Gasteiger partial charge is 0.479 e. The van der Waals surface area contributed by atoms with Crippen LogP contribution in [0, 0.1) is 0 Å². The minimum Gasteiger partial charge on any atom is -0.479 e. The van der Waals surface area contributed by atoms with Crippen LogP contribution >= 0.6 is 0 Å². The number of carboxylic acids is 1. The van der Waals surface area contributed by atoms with Crippen molar-refractivity contribution in [2.45, 2.75) is 263 Å². The molecule has 1 aliphatic rings. The average molecular weight is 1050 g/mol. The van der Waals surface area contributed by atoms with E-state index in [4.69, 9.17) is 23.7 Å². The van der Waals surface area contributed by atoms with E-state index in [0.29, 0.717) is 19.3 Å². The van der Waals surface area contributed by atoms with Gasteiger partial charge in [0, 0.05) is 19.3 Å². The summed E-state index contributed by atoms with van der Waals surface area (Å²) < 4.78 is 28.3. The molecule has 12 heteroatoms. The van der Waals surface area contributed by atoms with E-state index in [1.54, 1.807) is 0 Å². The molecule has 1 rings (SSSR count). The number of carbonyl (C=O) groups is 4. The van der Waals surface area contributed by atoms with Gasteiger partial charge in [-0.3, -0.25) is 14.4 Å². The summed E-state index contributed by atoms with van der Waals surface area (Å²) in [4.78, 5) is 51.1. The van der Waals surface area contributed by atoms with Gasteiger partial charge in [0.25, 0.3) is 0 Å². The monoisotopic (exact) mass is 1050 g/mol. The highest BCUT2D eigenvalue weighted by molar-refractivity contribution is 5.74. The molecule has 0 bridgehead atoms. The number of aliphatic hydroxyl groups excluding tert-OH is 2. The fourth-order valence-electron chi connectivity index (χ4n) is 8.19. The molecule has 0 amide bonds. The first-order valence-electron chi connectivity index (χ1n) is 29.2. The summed E-state index contributed by atoms with van der Waals surface area (Å²) >= 11 is 0. The van der Waals surface area contributed by atoms with E-state index in [2.05, 4.69) is 118 Å². The summed E-state index contributed by atoms with van der Waals surface area (Å²) in [7, 11) is 0. The molecule has 0 aromatic heterocycles. The molecule has 3 N–H and O–H groups in total. The molecule has 1 fully saturated rings. The van der Waals surface area contributed by atoms with Crippen LogP contribution in [0.3, 0.4) is 0 Å². The lowest BCUT2D eigenvalue weighted by Gasteiger charge is -2.40. The van der Waals surface area contributed by atoms with E-state index in [0.717, 1.165) is 116 Å². The smallest absolute Gasteiger partial charge is 0.335 e. The van der Waals surface area contributed by atoms with Crippen molar-refractivity contribution < 1.29 is 58.2 Å². The first-order valence-corrected chi connectivity index (χ1v) is 29.2. The second-order valence-electron chi connectivity index (χ2n) is 19.5. The molecule has 75 heavy (non-hydrogen) atoms. The summed E-state index contributed by atoms with van der Waals surface area (Å²) in [6.07, 6.45) is 53.8. The molecule has 426 valence electrons. The summed E-state index contributed by atoms with van der Waals surface area (Å²) in [5.41, 5.74) is 0. The van der Waals surface area contributed by atoms with Crippen molar-refractivity contribution in [1.29, 1.82) is 0 Å². The quantitative estimate of drug-likeness (QED) is 0.0228. The van der Waals surface area contributed by atoms with Gasteiger partial charge in [-0.15, -0.1) is 0 Å². The Morgan fingerprint density at radius 2 is 0.840 bits per heavy atom. The maximum atomic E-state index is 13.1. The fraction of sp³-hybridized carbons (Fsp3) is 0.683. The SMILES string of the molecule is CC/C=C\C/C=C\C/C=C\C/C=C\CCCCC(=O)OCC(COC1OC(C(=O)O)C(O)C(O)C1OC(=O)CCCCCCCCC/C=C\CCCCCCCC)OC(=O)CCCCC/C=C\C/C=C\C/C=C\CC. The predicted molar refractivity (Wildman–Crippen MR) is 303 cm³/mol. The average Bonchev–Trinajstić information content (AvgIpc) is 3.39. The van der Waals surface area contributed by atoms with Crippen molar-refractivity contribution in [3.05, 3.63) is 97.2 Å². The second-order valence-corrected chi connectivity index (χ2v) is 19.5. The van der Waals surface area contributed by atoms with Gasteiger partial charge in [0.2, 0.25) is 0 Å². The van der Waals surface area contributed by atoms with E-state index in [-0.39, 0.29) is 25.9 Å². The van der Waals surface area contributed by atoms with E-state index in [1.807, 2.05) is 0 Å². The Labute approximate surface area is 453 Å². The maximum Gasteiger partial charge on any atom is 0.335 e. The highest BCUT2D eigenvalue weighted by atomic mass is 16.7. The third kappa shape index (κ3) is 40.6. The Balaban J connectivity index is 2.73. The van der Waals surface area contributed by atoms with Crippen LogP contribution in [0.1, 0.15) is 226 Å². The van der Waals surface area contributed by atoms with Gasteiger partial charge in [0.1, 0.15) is 18.8 Å². The predicted octanol–water partition coefficient (Wildman–Crippen LogP) is 14.9. The minimum atomic E-state index is -1.92. The number of ether oxygens (including phenoxy) is 5. The molecule has 1 aliphatic heterocycles. The molecule has 0 aromatic carbocycles. The van der Waals surface area contributed by atoms with Crippen LogP contribution in [-0.2, 0) is 42.9 Å². The zero-order valence-electron chi connectivity index (χ0n) is 46.8. The number of hydrogen-bond donors (Lipinski definition) is 3. The second kappa shape index (κ2) is 50.5. The number of aliphatic hydroxyl groups is 2. The van der Waals surface area contributed by atoms with Gasteiger partial charge in [0.05, 0.1) is 6.61 Å². The van der Waals surface area contributed by atoms with Gasteiger partial charge in [-0.2, -0.15) is 0 Å². The van der Waals surface area contributed by atoms with Crippen LogP contribution in [0.5, 0.6) is 0 Å². The van der Waals surface area contributed by atoms with Gasteiger partial charge in [-0.05, 0) is 116 Å². The number of allylic oxidation sites excluding steroid dienone is 16. The van der Waals surface area contributed by atoms with E-state index < -0.39 is 67.3 Å². The number of carbonyl (C=O) groups excluding carboxylic acids is 3. The van der Waals surface area contributed by atoms with Crippen molar-refractivity contribution in [3.8, 4) is 0 Å². The molecular formula is C63H102O12. The third-order valence-corrected chi connectivity index (χ3v) is 12.6. The van der Waals surface area contributed by atoms with Gasteiger partial charge >= 0.3 is 23.9 Å². The first kappa shape index (κ1) is 68.7. The molecule has 0 radical (unpaired) electrons. The van der Waals surface area contributed by atoms with Crippen molar-refractivity contribution in [2.24, 2.45) is 0 Å². The van der Waals surface area contributed by atoms with Crippen molar-refractivity contribution in [3.63, 3.8) is 0 Å². The fourth-order valence-corrected chi connectivity index (χ4v) is 8.19. The molecule has 0 spiro atoms. The van der Waals surface area contributed by atoms with Gasteiger partial charge in [-0.25, -0.2) is 4.79 Å². The van der Waals surface area contributed by atoms with Gasteiger partial charge < -0.3 is 39.0 Å². The Kier molecular flexibility index (Phi) is 46.2. The van der Waals surface area contributed by atoms with Crippen molar-refractivity contribution in [2.75, 3.05) is 13.2 Å². The topological polar surface area (TPSA) is 175 Å². The lowest BCUT2D eigenvalue weighted by molar-refractivity contribution is -0.301. The molecule has 1 heterocycles. The van der Waals surface area contributed by atoms with Gasteiger partial charge in [-0.1, -0.05) is 189 Å². The molecule has 6 atom stereocenters. The highest BCUT2D eigenvalue weighted by Gasteiger charge is 2.50. The van der Waals surface area contributed by atoms with Crippen molar-refractivity contribution >= 4 is 23.9 Å². The highest BCUT2D eigenvalue weighted by Crippen LogP contribution is 2.26. The number of aliphatic carboxylic acids is 1. The van der Waals surface area contributed by atoms with Crippen LogP contribution in [0.2, 0.25) is 0 Å². The minimum absolute atomic E-state index is 0.0439. The summed E-state index contributed by atoms with van der Waals surface area (Å²) in [6.45, 7) is 5.69. The standard InChI is InChI=1S/C63H102O12/c1-4-7-10-13-16-19-22-25-27-28-30-33-36-39-42-45-48-51-57(66)74-61-59(68)58(67)60(62(69)70)75-63(61)72-53-54(73-56(65)50-47-44-41-38-35-31-24-21-18-15-12-9-6-3)52-71-55(64)49-46-43-40-37-34-32-29-26-23-20-17-14-11-8-5-2/h8-9,11-12,17-18,20-21,25-27,29,31,34-35,37,54,58-61,63,67-68H,4-7,10,13-16,19,22-24,28,30,32-33,36,38-53H2,1-3H3,(H,69,70)/b11-8-,12-9-,20-17-,21-18-,27-25-,29-26-,35-31-,37-34-. The van der Waals surface area contributed by atoms with Crippen LogP contribution < -0.4 is 0 Å². The van der Waals surface area contributed by atoms with E-state index in [1.165, 1.54) is 51.4 Å².